The first kappa shape index (κ1) is 9.56. The molecule has 0 heterocycles. The fourth-order valence-corrected chi connectivity index (χ4v) is 1.10. The van der Waals surface area contributed by atoms with E-state index in [0.717, 1.165) is 12.8 Å². The molecule has 2 N–H and O–H groups in total. The van der Waals surface area contributed by atoms with Crippen LogP contribution in [0.5, 0.6) is 0 Å². The fraction of sp³-hybridized carbons (Fsp3) is 0.625. The first-order valence-electron chi connectivity index (χ1n) is 3.73. The molecule has 1 amide bonds. The molecule has 12 heavy (non-hydrogen) atoms. The van der Waals surface area contributed by atoms with E-state index in [1.807, 2.05) is 0 Å². The van der Waals surface area contributed by atoms with Gasteiger partial charge in [-0.1, -0.05) is 0 Å². The molecule has 1 rings (SSSR count). The number of aliphatic hydroxyl groups is 1. The molecule has 0 radical (unpaired) electrons. The molecule has 0 aromatic carbocycles. The smallest absolute Gasteiger partial charge is 0.296 e. The van der Waals surface area contributed by atoms with Crippen molar-refractivity contribution in [2.75, 3.05) is 13.2 Å². The van der Waals surface area contributed by atoms with Gasteiger partial charge in [-0.25, -0.2) is 0 Å². The number of hydrogen-bond donors (Lipinski definition) is 2. The maximum atomic E-state index is 10.8. The Balaban J connectivity index is 2.24. The van der Waals surface area contributed by atoms with Crippen molar-refractivity contribution in [3.63, 3.8) is 0 Å². The predicted molar refractivity (Wildman–Crippen MR) is 48.5 cm³/mol. The summed E-state index contributed by atoms with van der Waals surface area (Å²) in [5.41, 5.74) is -0.0380. The summed E-state index contributed by atoms with van der Waals surface area (Å²) >= 11 is 2.83. The zero-order valence-corrected chi connectivity index (χ0v) is 8.15. The Morgan fingerprint density at radius 1 is 1.67 bits per heavy atom. The normalized spacial score (nSPS) is 17.5. The van der Waals surface area contributed by atoms with Crippen molar-refractivity contribution in [2.24, 2.45) is 5.41 Å². The number of aliphatic hydroxyl groups excluding tert-OH is 1. The van der Waals surface area contributed by atoms with Crippen LogP contribution in [0.15, 0.2) is 0 Å². The average Bonchev–Trinajstić information content (AvgIpc) is 2.82. The highest BCUT2D eigenvalue weighted by molar-refractivity contribution is 9.12. The Labute approximate surface area is 79.7 Å². The minimum atomic E-state index is -0.299. The lowest BCUT2D eigenvalue weighted by molar-refractivity contribution is -0.116. The molecule has 0 aliphatic heterocycles. The molecule has 1 fully saturated rings. The van der Waals surface area contributed by atoms with Gasteiger partial charge < -0.3 is 10.4 Å². The fourth-order valence-electron chi connectivity index (χ4n) is 0.922. The summed E-state index contributed by atoms with van der Waals surface area (Å²) in [4.78, 5) is 13.2. The largest absolute Gasteiger partial charge is 0.396 e. The van der Waals surface area contributed by atoms with Crippen LogP contribution in [0.25, 0.3) is 0 Å². The summed E-state index contributed by atoms with van der Waals surface area (Å²) in [6.07, 6.45) is 1.98. The second-order valence-electron chi connectivity index (χ2n) is 3.06. The topological polar surface area (TPSA) is 49.3 Å². The first-order valence-corrected chi connectivity index (χ1v) is 4.52. The lowest BCUT2D eigenvalue weighted by Crippen LogP contribution is -2.30. The number of carbonyl (C=O) groups excluding carboxylic acids is 1. The van der Waals surface area contributed by atoms with E-state index in [1.165, 1.54) is 0 Å². The van der Waals surface area contributed by atoms with E-state index in [2.05, 4.69) is 32.0 Å². The number of rotatable bonds is 3. The Morgan fingerprint density at radius 3 is 2.75 bits per heavy atom. The maximum Gasteiger partial charge on any atom is 0.296 e. The van der Waals surface area contributed by atoms with Gasteiger partial charge in [-0.2, -0.15) is 0 Å². The van der Waals surface area contributed by atoms with E-state index in [9.17, 15) is 4.79 Å². The number of nitrogens with one attached hydrogen (secondary N) is 1. The van der Waals surface area contributed by atoms with Gasteiger partial charge in [0.2, 0.25) is 0 Å². The zero-order chi connectivity index (χ0) is 9.03. The standard InChI is InChI=1S/C8H10BrNO2/c9-4-1-7(12)10-5-8(6-11)2-3-8/h11H,2-3,5-6H2,(H,10,12). The van der Waals surface area contributed by atoms with Crippen LogP contribution in [-0.4, -0.2) is 24.2 Å². The first-order chi connectivity index (χ1) is 5.72. The van der Waals surface area contributed by atoms with Gasteiger partial charge in [0.25, 0.3) is 5.91 Å². The van der Waals surface area contributed by atoms with Gasteiger partial charge >= 0.3 is 0 Å². The second kappa shape index (κ2) is 3.92. The number of halogens is 1. The molecular weight excluding hydrogens is 222 g/mol. The Morgan fingerprint density at radius 2 is 2.33 bits per heavy atom. The molecule has 0 saturated heterocycles. The van der Waals surface area contributed by atoms with Gasteiger partial charge in [-0.15, -0.1) is 0 Å². The summed E-state index contributed by atoms with van der Waals surface area (Å²) in [6.45, 7) is 0.680. The summed E-state index contributed by atoms with van der Waals surface area (Å²) in [6, 6.07) is 0. The molecule has 1 saturated carbocycles. The van der Waals surface area contributed by atoms with Crippen molar-refractivity contribution in [2.45, 2.75) is 12.8 Å². The second-order valence-corrected chi connectivity index (χ2v) is 3.46. The molecule has 1 aliphatic carbocycles. The van der Waals surface area contributed by atoms with Crippen LogP contribution in [0.1, 0.15) is 12.8 Å². The van der Waals surface area contributed by atoms with E-state index in [-0.39, 0.29) is 17.9 Å². The predicted octanol–water partition coefficient (Wildman–Crippen LogP) is 0.231. The van der Waals surface area contributed by atoms with Crippen molar-refractivity contribution >= 4 is 21.8 Å². The summed E-state index contributed by atoms with van der Waals surface area (Å²) < 4.78 is 0. The van der Waals surface area contributed by atoms with E-state index in [0.29, 0.717) is 6.54 Å². The summed E-state index contributed by atoms with van der Waals surface area (Å²) in [7, 11) is 0. The van der Waals surface area contributed by atoms with Crippen LogP contribution < -0.4 is 5.32 Å². The summed E-state index contributed by atoms with van der Waals surface area (Å²) in [5.74, 6) is 2.01. The number of carbonyl (C=O) groups is 1. The average molecular weight is 232 g/mol. The molecule has 0 aromatic heterocycles. The van der Waals surface area contributed by atoms with Crippen molar-refractivity contribution in [3.8, 4) is 10.8 Å². The lowest BCUT2D eigenvalue weighted by atomic mass is 10.1. The van der Waals surface area contributed by atoms with Gasteiger partial charge in [0.1, 0.15) is 0 Å². The molecule has 66 valence electrons. The molecule has 0 unspecified atom stereocenters. The third-order valence-corrected chi connectivity index (χ3v) is 2.28. The number of hydrogen-bond acceptors (Lipinski definition) is 2. The minimum absolute atomic E-state index is 0.0380. The lowest BCUT2D eigenvalue weighted by Gasteiger charge is -2.10. The molecule has 0 spiro atoms. The third-order valence-electron chi connectivity index (χ3n) is 2.08. The van der Waals surface area contributed by atoms with Crippen molar-refractivity contribution in [3.05, 3.63) is 0 Å². The zero-order valence-electron chi connectivity index (χ0n) is 6.56. The molecular formula is C8H10BrNO2. The highest BCUT2D eigenvalue weighted by Crippen LogP contribution is 2.44. The Kier molecular flexibility index (Phi) is 3.12. The van der Waals surface area contributed by atoms with E-state index in [1.54, 1.807) is 0 Å². The quantitative estimate of drug-likeness (QED) is 0.684. The monoisotopic (exact) mass is 231 g/mol. The molecule has 1 aliphatic rings. The van der Waals surface area contributed by atoms with Crippen LogP contribution in [0.2, 0.25) is 0 Å². The van der Waals surface area contributed by atoms with Gasteiger partial charge in [0.15, 0.2) is 0 Å². The van der Waals surface area contributed by atoms with Crippen LogP contribution in [0.3, 0.4) is 0 Å². The minimum Gasteiger partial charge on any atom is -0.396 e. The van der Waals surface area contributed by atoms with Crippen LogP contribution in [-0.2, 0) is 4.79 Å². The van der Waals surface area contributed by atoms with Crippen LogP contribution in [0.4, 0.5) is 0 Å². The van der Waals surface area contributed by atoms with Crippen LogP contribution >= 0.6 is 15.9 Å². The van der Waals surface area contributed by atoms with Crippen LogP contribution in [0, 0.1) is 16.2 Å². The van der Waals surface area contributed by atoms with E-state index in [4.69, 9.17) is 5.11 Å². The highest BCUT2D eigenvalue weighted by Gasteiger charge is 2.41. The van der Waals surface area contributed by atoms with Gasteiger partial charge in [-0.05, 0) is 17.7 Å². The van der Waals surface area contributed by atoms with E-state index < -0.39 is 0 Å². The SMILES string of the molecule is O=C(C#CBr)NCC1(CO)CC1. The molecule has 0 atom stereocenters. The van der Waals surface area contributed by atoms with Crippen molar-refractivity contribution in [1.82, 2.24) is 5.32 Å². The van der Waals surface area contributed by atoms with Crippen molar-refractivity contribution in [1.29, 1.82) is 0 Å². The molecule has 3 nitrogen and oxygen atoms in total. The number of amides is 1. The summed E-state index contributed by atoms with van der Waals surface area (Å²) in [5, 5.41) is 11.5. The maximum absolute atomic E-state index is 10.8. The highest BCUT2D eigenvalue weighted by atomic mass is 79.9. The van der Waals surface area contributed by atoms with E-state index >= 15 is 0 Å². The third kappa shape index (κ3) is 2.50. The molecule has 0 bridgehead atoms. The van der Waals surface area contributed by atoms with Gasteiger partial charge in [-0.3, -0.25) is 4.79 Å². The van der Waals surface area contributed by atoms with Gasteiger partial charge in [0, 0.05) is 33.8 Å². The Bertz CT molecular complexity index is 237. The molecule has 0 aromatic rings. The van der Waals surface area contributed by atoms with Crippen molar-refractivity contribution < 1.29 is 9.90 Å². The Hall–Kier alpha value is -0.530. The molecule has 4 heteroatoms. The van der Waals surface area contributed by atoms with Gasteiger partial charge in [0.05, 0.1) is 6.61 Å².